The molecule has 6 nitrogen and oxygen atoms in total. The van der Waals surface area contributed by atoms with Crippen LogP contribution in [-0.4, -0.2) is 29.1 Å². The van der Waals surface area contributed by atoms with E-state index in [1.807, 2.05) is 0 Å². The predicted molar refractivity (Wildman–Crippen MR) is 44.4 cm³/mol. The zero-order chi connectivity index (χ0) is 10.0. The van der Waals surface area contributed by atoms with E-state index in [1.54, 1.807) is 0 Å². The molecule has 1 unspecified atom stereocenters. The Bertz CT molecular complexity index is 377. The number of non-ortho nitro benzene ring substituents is 1. The van der Waals surface area contributed by atoms with Gasteiger partial charge in [-0.25, -0.2) is 0 Å². The van der Waals surface area contributed by atoms with Crippen molar-refractivity contribution in [2.24, 2.45) is 0 Å². The van der Waals surface area contributed by atoms with Crippen molar-refractivity contribution in [2.75, 3.05) is 0 Å². The van der Waals surface area contributed by atoms with E-state index in [2.05, 4.69) is 0 Å². The zero-order valence-electron chi connectivity index (χ0n) is 6.30. The number of benzene rings is 1. The molecule has 0 aromatic heterocycles. The average molecular weight is 247 g/mol. The van der Waals surface area contributed by atoms with Crippen molar-refractivity contribution in [3.8, 4) is 5.75 Å². The van der Waals surface area contributed by atoms with Gasteiger partial charge in [-0.15, -0.1) is 0 Å². The van der Waals surface area contributed by atoms with Gasteiger partial charge in [0.15, 0.2) is 0 Å². The molecule has 0 aliphatic rings. The normalized spacial score (nSPS) is 12.4. The Morgan fingerprint density at radius 1 is 1.46 bits per heavy atom. The average Bonchev–Trinajstić information content (AvgIpc) is 2.03. The molecule has 0 spiro atoms. The minimum absolute atomic E-state index is 0.106. The van der Waals surface area contributed by atoms with Gasteiger partial charge >= 0.3 is 76.9 Å². The quantitative estimate of drug-likeness (QED) is 0.402. The number of phenolic OH excluding ortho intramolecular Hbond substituents is 1. The van der Waals surface area contributed by atoms with Crippen LogP contribution in [0.25, 0.3) is 0 Å². The molecule has 1 atom stereocenters. The number of rotatable bonds is 2. The molecule has 1 rings (SSSR count). The fourth-order valence-corrected chi connectivity index (χ4v) is 1.90. The Hall–Kier alpha value is -1.26. The van der Waals surface area contributed by atoms with Gasteiger partial charge < -0.3 is 0 Å². The molecule has 2 N–H and O–H groups in total. The number of hydrogen-bond acceptors (Lipinski definition) is 4. The van der Waals surface area contributed by atoms with Gasteiger partial charge in [-0.2, -0.15) is 0 Å². The van der Waals surface area contributed by atoms with Crippen molar-refractivity contribution >= 4 is 25.0 Å². The molecular formula is C6H6AsNO5. The molecule has 70 valence electrons. The van der Waals surface area contributed by atoms with Crippen molar-refractivity contribution in [3.63, 3.8) is 0 Å². The molecule has 7 heteroatoms. The van der Waals surface area contributed by atoms with Crippen LogP contribution in [0.1, 0.15) is 0 Å². The number of aromatic hydroxyl groups is 1. The maximum absolute atomic E-state index is 10.6. The monoisotopic (exact) mass is 247 g/mol. The van der Waals surface area contributed by atoms with Crippen LogP contribution in [0.3, 0.4) is 0 Å². The van der Waals surface area contributed by atoms with Crippen LogP contribution in [-0.2, 0) is 3.74 Å². The summed E-state index contributed by atoms with van der Waals surface area (Å²) in [5.41, 5.74) is -0.305. The Balaban J connectivity index is 3.20. The molecule has 0 amide bonds. The standard InChI is InChI=1S/C6H6AsNO5/c9-6-3-4(8(12)13)1-2-5(6)7(10)11/h1-3,7,9H,(H,10,11). The molecule has 1 aromatic rings. The van der Waals surface area contributed by atoms with Crippen molar-refractivity contribution in [1.29, 1.82) is 0 Å². The van der Waals surface area contributed by atoms with Gasteiger partial charge in [-0.05, 0) is 0 Å². The molecule has 0 aliphatic carbocycles. The topological polar surface area (TPSA) is 101 Å². The maximum atomic E-state index is 10.6. The van der Waals surface area contributed by atoms with Crippen LogP contribution in [0.4, 0.5) is 5.69 Å². The predicted octanol–water partition coefficient (Wildman–Crippen LogP) is -0.849. The molecule has 0 bridgehead atoms. The molecule has 1 aromatic carbocycles. The van der Waals surface area contributed by atoms with E-state index >= 15 is 0 Å². The van der Waals surface area contributed by atoms with E-state index in [4.69, 9.17) is 9.20 Å². The fourth-order valence-electron chi connectivity index (χ4n) is 0.814. The van der Waals surface area contributed by atoms with Gasteiger partial charge in [-0.1, -0.05) is 0 Å². The summed E-state index contributed by atoms with van der Waals surface area (Å²) in [5.74, 6) is -0.498. The Labute approximate surface area is 77.4 Å². The van der Waals surface area contributed by atoms with Crippen molar-refractivity contribution < 1.29 is 17.9 Å². The molecule has 0 radical (unpaired) electrons. The number of nitro groups is 1. The Morgan fingerprint density at radius 3 is 2.46 bits per heavy atom. The van der Waals surface area contributed by atoms with E-state index in [0.29, 0.717) is 0 Å². The van der Waals surface area contributed by atoms with E-state index in [1.165, 1.54) is 0 Å². The van der Waals surface area contributed by atoms with E-state index in [9.17, 15) is 13.9 Å². The molecule has 0 saturated heterocycles. The first-order valence-electron chi connectivity index (χ1n) is 3.23. The third-order valence-electron chi connectivity index (χ3n) is 1.42. The van der Waals surface area contributed by atoms with E-state index in [-0.39, 0.29) is 10.0 Å². The fraction of sp³-hybridized carbons (Fsp3) is 0. The van der Waals surface area contributed by atoms with Crippen LogP contribution in [0.5, 0.6) is 5.75 Å². The first-order valence-corrected chi connectivity index (χ1v) is 6.07. The van der Waals surface area contributed by atoms with Crippen LogP contribution >= 0.6 is 0 Å². The van der Waals surface area contributed by atoms with E-state index < -0.39 is 25.6 Å². The van der Waals surface area contributed by atoms with Crippen LogP contribution in [0, 0.1) is 10.1 Å². The molecule has 0 saturated carbocycles. The van der Waals surface area contributed by atoms with Gasteiger partial charge in [0.1, 0.15) is 0 Å². The second kappa shape index (κ2) is 3.63. The third-order valence-corrected chi connectivity index (χ3v) is 3.28. The number of nitrogens with zero attached hydrogens (tertiary/aromatic N) is 1. The number of phenols is 1. The van der Waals surface area contributed by atoms with Gasteiger partial charge in [0.05, 0.1) is 0 Å². The second-order valence-corrected chi connectivity index (χ2v) is 4.67. The summed E-state index contributed by atoms with van der Waals surface area (Å²) in [5, 5.41) is 19.3. The summed E-state index contributed by atoms with van der Waals surface area (Å²) in [6.45, 7) is 0. The van der Waals surface area contributed by atoms with Gasteiger partial charge in [-0.3, -0.25) is 0 Å². The molecular weight excluding hydrogens is 241 g/mol. The zero-order valence-corrected chi connectivity index (χ0v) is 8.40. The first kappa shape index (κ1) is 9.82. The van der Waals surface area contributed by atoms with Crippen LogP contribution < -0.4 is 4.35 Å². The van der Waals surface area contributed by atoms with E-state index in [0.717, 1.165) is 18.2 Å². The first-order chi connectivity index (χ1) is 6.02. The minimum atomic E-state index is -3.59. The Morgan fingerprint density at radius 2 is 2.08 bits per heavy atom. The van der Waals surface area contributed by atoms with Gasteiger partial charge in [0.2, 0.25) is 0 Å². The summed E-state index contributed by atoms with van der Waals surface area (Å²) >= 11 is -3.59. The third kappa shape index (κ3) is 2.10. The SMILES string of the molecule is O=[N+]([O-])c1ccc([AsH](=O)O)c(O)c1. The summed E-state index contributed by atoms with van der Waals surface area (Å²) < 4.78 is 19.2. The molecule has 0 aliphatic heterocycles. The van der Waals surface area contributed by atoms with Crippen LogP contribution in [0.2, 0.25) is 0 Å². The number of nitro benzene ring substituents is 1. The summed E-state index contributed by atoms with van der Waals surface area (Å²) in [7, 11) is 0. The van der Waals surface area contributed by atoms with Crippen molar-refractivity contribution in [2.45, 2.75) is 0 Å². The molecule has 13 heavy (non-hydrogen) atoms. The second-order valence-electron chi connectivity index (χ2n) is 2.26. The number of hydrogen-bond donors (Lipinski definition) is 2. The summed E-state index contributed by atoms with van der Waals surface area (Å²) in [6.07, 6.45) is 0. The van der Waals surface area contributed by atoms with Crippen molar-refractivity contribution in [3.05, 3.63) is 28.3 Å². The van der Waals surface area contributed by atoms with Crippen LogP contribution in [0.15, 0.2) is 18.2 Å². The van der Waals surface area contributed by atoms with Gasteiger partial charge in [0.25, 0.3) is 0 Å². The van der Waals surface area contributed by atoms with Crippen molar-refractivity contribution in [1.82, 2.24) is 0 Å². The van der Waals surface area contributed by atoms with Gasteiger partial charge in [0, 0.05) is 0 Å². The summed E-state index contributed by atoms with van der Waals surface area (Å²) in [6, 6.07) is 3.03. The summed E-state index contributed by atoms with van der Waals surface area (Å²) in [4.78, 5) is 9.51. The molecule has 0 fully saturated rings. The Kier molecular flexibility index (Phi) is 2.75. The molecule has 0 heterocycles.